The number of hydrazone groups is 2. The van der Waals surface area contributed by atoms with Crippen molar-refractivity contribution in [2.45, 2.75) is 0 Å². The summed E-state index contributed by atoms with van der Waals surface area (Å²) in [5.41, 5.74) is 5.71. The van der Waals surface area contributed by atoms with Crippen molar-refractivity contribution >= 4 is 24.2 Å². The van der Waals surface area contributed by atoms with E-state index in [0.717, 1.165) is 0 Å². The number of benzene rings is 2. The Morgan fingerprint density at radius 1 is 0.590 bits per heavy atom. The zero-order valence-corrected chi connectivity index (χ0v) is 22.2. The third-order valence-corrected chi connectivity index (χ3v) is 5.26. The van der Waals surface area contributed by atoms with Crippen LogP contribution in [0, 0.1) is 0 Å². The second kappa shape index (κ2) is 13.4. The smallest absolute Gasteiger partial charge is 0.307 e. The monoisotopic (exact) mass is 540 g/mol. The highest BCUT2D eigenvalue weighted by Crippen LogP contribution is 2.34. The summed E-state index contributed by atoms with van der Waals surface area (Å²) in [5, 5.41) is 7.84. The van der Waals surface area contributed by atoms with E-state index in [1.54, 1.807) is 24.3 Å². The van der Waals surface area contributed by atoms with Crippen molar-refractivity contribution in [3.8, 4) is 34.5 Å². The van der Waals surface area contributed by atoms with Crippen molar-refractivity contribution in [1.29, 1.82) is 0 Å². The van der Waals surface area contributed by atoms with Gasteiger partial charge in [-0.3, -0.25) is 9.59 Å². The summed E-state index contributed by atoms with van der Waals surface area (Å²) < 4.78 is 37.0. The summed E-state index contributed by atoms with van der Waals surface area (Å²) >= 11 is 0. The van der Waals surface area contributed by atoms with E-state index in [-0.39, 0.29) is 11.5 Å². The minimum Gasteiger partial charge on any atom is -0.496 e. The van der Waals surface area contributed by atoms with Crippen LogP contribution in [0.3, 0.4) is 0 Å². The topological polar surface area (TPSA) is 151 Å². The summed E-state index contributed by atoms with van der Waals surface area (Å²) in [7, 11) is 8.98. The van der Waals surface area contributed by atoms with Gasteiger partial charge >= 0.3 is 11.8 Å². The number of rotatable bonds is 12. The Labute approximate surface area is 224 Å². The van der Waals surface area contributed by atoms with E-state index < -0.39 is 11.8 Å². The van der Waals surface area contributed by atoms with Crippen LogP contribution in [-0.2, 0) is 0 Å². The van der Waals surface area contributed by atoms with Crippen molar-refractivity contribution in [1.82, 2.24) is 10.9 Å². The van der Waals surface area contributed by atoms with Gasteiger partial charge in [-0.05, 0) is 24.3 Å². The number of hydrogen-bond donors (Lipinski definition) is 2. The highest BCUT2D eigenvalue weighted by molar-refractivity contribution is 5.96. The maximum absolute atomic E-state index is 12.4. The van der Waals surface area contributed by atoms with E-state index in [2.05, 4.69) is 21.1 Å². The van der Waals surface area contributed by atoms with E-state index in [1.807, 2.05) is 0 Å². The minimum absolute atomic E-state index is 0.137. The van der Waals surface area contributed by atoms with Crippen LogP contribution in [0.4, 0.5) is 0 Å². The second-order valence-electron chi connectivity index (χ2n) is 7.46. The molecular weight excluding hydrogens is 512 g/mol. The number of carbonyl (C=O) groups is 2. The highest BCUT2D eigenvalue weighted by Gasteiger charge is 2.16. The molecule has 0 radical (unpaired) electrons. The first-order valence-electron chi connectivity index (χ1n) is 11.3. The molecule has 0 bridgehead atoms. The molecule has 1 heterocycles. The average molecular weight is 541 g/mol. The molecule has 0 saturated heterocycles. The van der Waals surface area contributed by atoms with Gasteiger partial charge in [-0.1, -0.05) is 0 Å². The number of nitrogens with one attached hydrogen (secondary N) is 2. The lowest BCUT2D eigenvalue weighted by atomic mass is 10.2. The first-order valence-corrected chi connectivity index (χ1v) is 11.3. The molecular formula is C26H28N4O9. The Morgan fingerprint density at radius 2 is 0.923 bits per heavy atom. The Kier molecular flexibility index (Phi) is 9.73. The Hall–Kier alpha value is -5.20. The molecule has 0 aliphatic heterocycles. The second-order valence-corrected chi connectivity index (χ2v) is 7.46. The number of hydrogen-bond acceptors (Lipinski definition) is 11. The predicted octanol–water partition coefficient (Wildman–Crippen LogP) is 2.86. The lowest BCUT2D eigenvalue weighted by Crippen LogP contribution is -2.18. The van der Waals surface area contributed by atoms with Crippen molar-refractivity contribution in [2.75, 3.05) is 42.7 Å². The highest BCUT2D eigenvalue weighted by atomic mass is 16.5. The lowest BCUT2D eigenvalue weighted by molar-refractivity contribution is 0.0902. The summed E-state index contributed by atoms with van der Waals surface area (Å²) in [5.74, 6) is 1.15. The predicted molar refractivity (Wildman–Crippen MR) is 141 cm³/mol. The quantitative estimate of drug-likeness (QED) is 0.261. The van der Waals surface area contributed by atoms with Gasteiger partial charge < -0.3 is 32.8 Å². The molecule has 3 aromatic rings. The molecule has 1 aromatic heterocycles. The molecule has 2 N–H and O–H groups in total. The molecule has 0 atom stereocenters. The van der Waals surface area contributed by atoms with Gasteiger partial charge in [0, 0.05) is 23.3 Å². The van der Waals surface area contributed by atoms with Gasteiger partial charge in [-0.25, -0.2) is 10.9 Å². The van der Waals surface area contributed by atoms with Crippen LogP contribution >= 0.6 is 0 Å². The van der Waals surface area contributed by atoms with Gasteiger partial charge in [0.25, 0.3) is 0 Å². The molecule has 13 nitrogen and oxygen atoms in total. The van der Waals surface area contributed by atoms with Gasteiger partial charge in [-0.2, -0.15) is 10.2 Å². The number of methoxy groups -OCH3 is 6. The Morgan fingerprint density at radius 3 is 1.26 bits per heavy atom. The maximum Gasteiger partial charge on any atom is 0.307 e. The fourth-order valence-electron chi connectivity index (χ4n) is 3.32. The molecule has 13 heteroatoms. The number of furan rings is 1. The van der Waals surface area contributed by atoms with E-state index in [0.29, 0.717) is 45.6 Å². The van der Waals surface area contributed by atoms with Crippen molar-refractivity contribution in [3.05, 3.63) is 59.0 Å². The van der Waals surface area contributed by atoms with Crippen LogP contribution in [-0.4, -0.2) is 66.9 Å². The largest absolute Gasteiger partial charge is 0.496 e. The van der Waals surface area contributed by atoms with E-state index in [1.165, 1.54) is 67.2 Å². The van der Waals surface area contributed by atoms with Crippen LogP contribution in [0.15, 0.2) is 51.0 Å². The Bertz CT molecular complexity index is 1280. The lowest BCUT2D eigenvalue weighted by Gasteiger charge is -2.11. The number of carbonyl (C=O) groups excluding carboxylic acids is 2. The van der Waals surface area contributed by atoms with Crippen LogP contribution in [0.1, 0.15) is 32.2 Å². The zero-order valence-electron chi connectivity index (χ0n) is 22.2. The first kappa shape index (κ1) is 28.4. The summed E-state index contributed by atoms with van der Waals surface area (Å²) in [4.78, 5) is 24.9. The minimum atomic E-state index is -0.677. The molecule has 39 heavy (non-hydrogen) atoms. The summed E-state index contributed by atoms with van der Waals surface area (Å²) in [6.45, 7) is 0. The van der Waals surface area contributed by atoms with Crippen LogP contribution in [0.5, 0.6) is 34.5 Å². The fraction of sp³-hybridized carbons (Fsp3) is 0.231. The number of amides is 2. The normalized spacial score (nSPS) is 10.8. The molecule has 2 amide bonds. The van der Waals surface area contributed by atoms with Gasteiger partial charge in [0.2, 0.25) is 0 Å². The van der Waals surface area contributed by atoms with Crippen LogP contribution in [0.2, 0.25) is 0 Å². The third kappa shape index (κ3) is 6.77. The molecule has 0 aliphatic carbocycles. The van der Waals surface area contributed by atoms with Crippen LogP contribution < -0.4 is 39.3 Å². The van der Waals surface area contributed by atoms with Crippen molar-refractivity contribution < 1.29 is 42.4 Å². The molecule has 0 saturated carbocycles. The number of ether oxygens (including phenoxy) is 6. The van der Waals surface area contributed by atoms with Gasteiger partial charge in [-0.15, -0.1) is 0 Å². The molecule has 0 unspecified atom stereocenters. The zero-order chi connectivity index (χ0) is 28.4. The van der Waals surface area contributed by atoms with Gasteiger partial charge in [0.05, 0.1) is 55.1 Å². The van der Waals surface area contributed by atoms with E-state index >= 15 is 0 Å². The first-order chi connectivity index (χ1) is 18.9. The average Bonchev–Trinajstić information content (AvgIpc) is 3.47. The summed E-state index contributed by atoms with van der Waals surface area (Å²) in [6, 6.07) is 9.20. The van der Waals surface area contributed by atoms with Crippen molar-refractivity contribution in [2.24, 2.45) is 10.2 Å². The van der Waals surface area contributed by atoms with E-state index in [4.69, 9.17) is 32.8 Å². The molecule has 0 aliphatic rings. The molecule has 0 spiro atoms. The maximum atomic E-state index is 12.4. The molecule has 0 fully saturated rings. The van der Waals surface area contributed by atoms with Gasteiger partial charge in [0.15, 0.2) is 34.5 Å². The summed E-state index contributed by atoms with van der Waals surface area (Å²) in [6.07, 6.45) is 2.73. The molecule has 2 aromatic carbocycles. The fourth-order valence-corrected chi connectivity index (χ4v) is 3.32. The van der Waals surface area contributed by atoms with Crippen LogP contribution in [0.25, 0.3) is 0 Å². The van der Waals surface area contributed by atoms with Crippen molar-refractivity contribution in [3.63, 3.8) is 0 Å². The Balaban J connectivity index is 1.64. The molecule has 206 valence electrons. The standard InChI is InChI=1S/C26H28N4O9/c1-33-19-11-23(37-5)21(35-3)9-15(19)13-27-29-25(31)17-7-8-18(39-17)26(32)30-28-14-16-10-22(36-4)24(38-6)12-20(16)34-2/h7-14H,1-6H3,(H,29,31)(H,30,32). The van der Waals surface area contributed by atoms with E-state index in [9.17, 15) is 9.59 Å². The SMILES string of the molecule is COc1cc(OC)c(OC)cc1C=NNC(=O)c1ccc(C(=O)NN=Cc2cc(OC)c(OC)cc2OC)o1. The third-order valence-electron chi connectivity index (χ3n) is 5.26. The molecule has 3 rings (SSSR count). The van der Waals surface area contributed by atoms with Gasteiger partial charge in [0.1, 0.15) is 11.5 Å². The number of nitrogens with zero attached hydrogens (tertiary/aromatic N) is 2.